The third-order valence-electron chi connectivity index (χ3n) is 1.48. The van der Waals surface area contributed by atoms with E-state index in [1.54, 1.807) is 6.08 Å². The molecule has 1 aromatic rings. The van der Waals surface area contributed by atoms with E-state index in [0.717, 1.165) is 10.5 Å². The summed E-state index contributed by atoms with van der Waals surface area (Å²) in [7, 11) is 0. The lowest BCUT2D eigenvalue weighted by Gasteiger charge is -2.12. The van der Waals surface area contributed by atoms with Crippen molar-refractivity contribution >= 4 is 30.4 Å². The first kappa shape index (κ1) is 9.29. The van der Waals surface area contributed by atoms with Gasteiger partial charge in [-0.15, -0.1) is 12.4 Å². The highest BCUT2D eigenvalue weighted by Crippen LogP contribution is 2.26. The van der Waals surface area contributed by atoms with Crippen LogP contribution in [0.4, 0.5) is 0 Å². The van der Waals surface area contributed by atoms with Gasteiger partial charge in [0, 0.05) is 11.0 Å². The van der Waals surface area contributed by atoms with E-state index >= 15 is 0 Å². The lowest BCUT2D eigenvalue weighted by atomic mass is 10.2. The zero-order valence-corrected chi connectivity index (χ0v) is 7.78. The Balaban J connectivity index is 0.000000720. The second kappa shape index (κ2) is 3.74. The molecular weight excluding hydrogens is 194 g/mol. The molecule has 0 aliphatic carbocycles. The SMILES string of the molecule is Cl.OC1=Cc2ccccc2SN1. The molecule has 0 saturated carbocycles. The van der Waals surface area contributed by atoms with Crippen LogP contribution in [0.3, 0.4) is 0 Å². The molecule has 64 valence electrons. The van der Waals surface area contributed by atoms with E-state index in [2.05, 4.69) is 4.72 Å². The summed E-state index contributed by atoms with van der Waals surface area (Å²) in [6, 6.07) is 7.91. The summed E-state index contributed by atoms with van der Waals surface area (Å²) >= 11 is 1.43. The fourth-order valence-corrected chi connectivity index (χ4v) is 1.64. The molecule has 0 aromatic heterocycles. The molecule has 0 fully saturated rings. The normalized spacial score (nSPS) is 13.5. The molecule has 0 bridgehead atoms. The van der Waals surface area contributed by atoms with E-state index in [9.17, 15) is 0 Å². The van der Waals surface area contributed by atoms with Gasteiger partial charge in [-0.1, -0.05) is 18.2 Å². The lowest BCUT2D eigenvalue weighted by molar-refractivity contribution is 0.399. The van der Waals surface area contributed by atoms with E-state index in [0.29, 0.717) is 0 Å². The van der Waals surface area contributed by atoms with Crippen LogP contribution < -0.4 is 4.72 Å². The Morgan fingerprint density at radius 2 is 2.00 bits per heavy atom. The molecule has 4 heteroatoms. The number of fused-ring (bicyclic) bond motifs is 1. The van der Waals surface area contributed by atoms with Crippen LogP contribution in [0, 0.1) is 0 Å². The molecule has 2 rings (SSSR count). The lowest BCUT2D eigenvalue weighted by Crippen LogP contribution is -2.06. The Labute approximate surface area is 81.2 Å². The molecule has 1 heterocycles. The smallest absolute Gasteiger partial charge is 0.195 e. The fourth-order valence-electron chi connectivity index (χ4n) is 0.977. The molecule has 0 atom stereocenters. The Hall–Kier alpha value is -0.800. The molecule has 0 saturated heterocycles. The maximum Gasteiger partial charge on any atom is 0.195 e. The molecular formula is C8H8ClNOS. The highest BCUT2D eigenvalue weighted by molar-refractivity contribution is 7.97. The molecule has 1 aromatic carbocycles. The van der Waals surface area contributed by atoms with Crippen molar-refractivity contribution in [3.63, 3.8) is 0 Å². The van der Waals surface area contributed by atoms with Gasteiger partial charge in [-0.3, -0.25) is 4.72 Å². The first-order valence-corrected chi connectivity index (χ1v) is 4.10. The van der Waals surface area contributed by atoms with Crippen LogP contribution in [-0.2, 0) is 0 Å². The summed E-state index contributed by atoms with van der Waals surface area (Å²) in [6.07, 6.45) is 1.71. The summed E-state index contributed by atoms with van der Waals surface area (Å²) in [6.45, 7) is 0. The van der Waals surface area contributed by atoms with Gasteiger partial charge in [0.2, 0.25) is 0 Å². The predicted molar refractivity (Wildman–Crippen MR) is 53.3 cm³/mol. The average Bonchev–Trinajstić information content (AvgIpc) is 2.04. The summed E-state index contributed by atoms with van der Waals surface area (Å²) < 4.78 is 2.77. The summed E-state index contributed by atoms with van der Waals surface area (Å²) in [5, 5.41) is 9.09. The van der Waals surface area contributed by atoms with Gasteiger partial charge in [-0.05, 0) is 23.6 Å². The van der Waals surface area contributed by atoms with Gasteiger partial charge in [-0.2, -0.15) is 0 Å². The maximum atomic E-state index is 9.09. The van der Waals surface area contributed by atoms with Crippen molar-refractivity contribution in [1.82, 2.24) is 4.72 Å². The van der Waals surface area contributed by atoms with Crippen molar-refractivity contribution in [3.8, 4) is 0 Å². The van der Waals surface area contributed by atoms with E-state index in [-0.39, 0.29) is 18.3 Å². The summed E-state index contributed by atoms with van der Waals surface area (Å²) in [4.78, 5) is 1.14. The highest BCUT2D eigenvalue weighted by atomic mass is 35.5. The summed E-state index contributed by atoms with van der Waals surface area (Å²) in [5.74, 6) is 0.216. The Morgan fingerprint density at radius 1 is 1.25 bits per heavy atom. The Morgan fingerprint density at radius 3 is 2.83 bits per heavy atom. The van der Waals surface area contributed by atoms with Crippen molar-refractivity contribution in [2.24, 2.45) is 0 Å². The van der Waals surface area contributed by atoms with Crippen LogP contribution in [0.2, 0.25) is 0 Å². The van der Waals surface area contributed by atoms with E-state index < -0.39 is 0 Å². The van der Waals surface area contributed by atoms with Crippen molar-refractivity contribution in [3.05, 3.63) is 35.7 Å². The van der Waals surface area contributed by atoms with Crippen molar-refractivity contribution < 1.29 is 5.11 Å². The van der Waals surface area contributed by atoms with Gasteiger partial charge in [0.15, 0.2) is 5.88 Å². The van der Waals surface area contributed by atoms with Crippen LogP contribution >= 0.6 is 24.4 Å². The fraction of sp³-hybridized carbons (Fsp3) is 0. The minimum atomic E-state index is 0. The first-order valence-electron chi connectivity index (χ1n) is 3.29. The van der Waals surface area contributed by atoms with Gasteiger partial charge in [0.05, 0.1) is 0 Å². The second-order valence-corrected chi connectivity index (χ2v) is 3.12. The largest absolute Gasteiger partial charge is 0.494 e. The number of rotatable bonds is 0. The van der Waals surface area contributed by atoms with E-state index in [4.69, 9.17) is 5.11 Å². The number of aliphatic hydroxyl groups excluding tert-OH is 1. The van der Waals surface area contributed by atoms with Gasteiger partial charge in [0.25, 0.3) is 0 Å². The number of nitrogens with one attached hydrogen (secondary N) is 1. The maximum absolute atomic E-state index is 9.09. The zero-order chi connectivity index (χ0) is 7.68. The van der Waals surface area contributed by atoms with Gasteiger partial charge in [-0.25, -0.2) is 0 Å². The van der Waals surface area contributed by atoms with Crippen molar-refractivity contribution in [2.75, 3.05) is 0 Å². The predicted octanol–water partition coefficient (Wildman–Crippen LogP) is 2.58. The third kappa shape index (κ3) is 1.68. The monoisotopic (exact) mass is 201 g/mol. The highest BCUT2D eigenvalue weighted by Gasteiger charge is 2.07. The second-order valence-electron chi connectivity index (χ2n) is 2.27. The molecule has 0 unspecified atom stereocenters. The van der Waals surface area contributed by atoms with Crippen LogP contribution in [0.25, 0.3) is 6.08 Å². The molecule has 12 heavy (non-hydrogen) atoms. The topological polar surface area (TPSA) is 32.3 Å². The van der Waals surface area contributed by atoms with Crippen molar-refractivity contribution in [1.29, 1.82) is 0 Å². The molecule has 1 aliphatic rings. The van der Waals surface area contributed by atoms with Crippen LogP contribution in [0.1, 0.15) is 5.56 Å². The molecule has 0 amide bonds. The quantitative estimate of drug-likeness (QED) is 0.633. The minimum absolute atomic E-state index is 0. The van der Waals surface area contributed by atoms with Gasteiger partial charge >= 0.3 is 0 Å². The van der Waals surface area contributed by atoms with E-state index in [1.807, 2.05) is 24.3 Å². The Kier molecular flexibility index (Phi) is 2.89. The molecule has 0 spiro atoms. The number of hydrogen-bond acceptors (Lipinski definition) is 3. The molecule has 2 nitrogen and oxygen atoms in total. The average molecular weight is 202 g/mol. The van der Waals surface area contributed by atoms with Crippen LogP contribution in [0.5, 0.6) is 0 Å². The molecule has 0 radical (unpaired) electrons. The first-order chi connectivity index (χ1) is 5.36. The number of aliphatic hydroxyl groups is 1. The van der Waals surface area contributed by atoms with Gasteiger partial charge in [0.1, 0.15) is 0 Å². The Bertz CT molecular complexity index is 314. The molecule has 1 aliphatic heterocycles. The van der Waals surface area contributed by atoms with Crippen LogP contribution in [0.15, 0.2) is 35.0 Å². The summed E-state index contributed by atoms with van der Waals surface area (Å²) in [5.41, 5.74) is 1.06. The van der Waals surface area contributed by atoms with Gasteiger partial charge < -0.3 is 5.11 Å². The number of benzene rings is 1. The standard InChI is InChI=1S/C8H7NOS.ClH/c10-8-5-6-3-1-2-4-7(6)11-9-8;/h1-5,9-10H;1H. The van der Waals surface area contributed by atoms with Crippen molar-refractivity contribution in [2.45, 2.75) is 4.90 Å². The zero-order valence-electron chi connectivity index (χ0n) is 6.15. The number of halogens is 1. The third-order valence-corrected chi connectivity index (χ3v) is 2.38. The number of hydrogen-bond donors (Lipinski definition) is 2. The minimum Gasteiger partial charge on any atom is -0.494 e. The van der Waals surface area contributed by atoms with E-state index in [1.165, 1.54) is 11.9 Å². The van der Waals surface area contributed by atoms with Crippen LogP contribution in [-0.4, -0.2) is 5.11 Å². The molecule has 2 N–H and O–H groups in total.